The molecule has 8 heteroatoms. The van der Waals surface area contributed by atoms with Crippen LogP contribution < -0.4 is 16.7 Å². The molecule has 0 spiro atoms. The van der Waals surface area contributed by atoms with Gasteiger partial charge in [-0.25, -0.2) is 18.5 Å². The van der Waals surface area contributed by atoms with Crippen LogP contribution in [0.3, 0.4) is 0 Å². The van der Waals surface area contributed by atoms with E-state index in [9.17, 15) is 18.8 Å². The lowest BCUT2D eigenvalue weighted by molar-refractivity contribution is -0.122. The molecule has 29 heavy (non-hydrogen) atoms. The minimum absolute atomic E-state index is 0.165. The maximum atomic E-state index is 13.2. The van der Waals surface area contributed by atoms with Gasteiger partial charge in [0.15, 0.2) is 0 Å². The van der Waals surface area contributed by atoms with Crippen molar-refractivity contribution in [3.63, 3.8) is 0 Å². The van der Waals surface area contributed by atoms with Crippen LogP contribution in [-0.2, 0) is 11.3 Å². The number of hydrogen-bond acceptors (Lipinski definition) is 3. The van der Waals surface area contributed by atoms with Gasteiger partial charge in [0.25, 0.3) is 0 Å². The lowest BCUT2D eigenvalue weighted by atomic mass is 9.86. The van der Waals surface area contributed by atoms with Crippen molar-refractivity contribution < 1.29 is 14.0 Å². The molecule has 3 N–H and O–H groups in total. The van der Waals surface area contributed by atoms with Gasteiger partial charge in [-0.1, -0.05) is 45.0 Å². The van der Waals surface area contributed by atoms with Crippen molar-refractivity contribution in [2.45, 2.75) is 33.4 Å². The number of primary amides is 1. The first-order chi connectivity index (χ1) is 13.6. The van der Waals surface area contributed by atoms with Gasteiger partial charge >= 0.3 is 11.7 Å². The molecule has 1 aromatic heterocycles. The maximum absolute atomic E-state index is 13.2. The van der Waals surface area contributed by atoms with E-state index < -0.39 is 29.1 Å². The van der Waals surface area contributed by atoms with Crippen molar-refractivity contribution in [3.05, 3.63) is 70.4 Å². The Bertz CT molecular complexity index is 1120. The number of nitrogens with zero attached hydrogens (tertiary/aromatic N) is 2. The van der Waals surface area contributed by atoms with E-state index in [0.717, 1.165) is 4.57 Å². The van der Waals surface area contributed by atoms with Crippen LogP contribution in [0.1, 0.15) is 26.3 Å². The minimum atomic E-state index is -0.957. The second-order valence-corrected chi connectivity index (χ2v) is 7.97. The van der Waals surface area contributed by atoms with E-state index in [0.29, 0.717) is 16.6 Å². The predicted molar refractivity (Wildman–Crippen MR) is 108 cm³/mol. The minimum Gasteiger partial charge on any atom is -0.368 e. The fourth-order valence-corrected chi connectivity index (χ4v) is 3.23. The second-order valence-electron chi connectivity index (χ2n) is 7.97. The average Bonchev–Trinajstić information content (AvgIpc) is 2.92. The highest BCUT2D eigenvalue weighted by molar-refractivity contribution is 5.92. The Hall–Kier alpha value is -3.42. The van der Waals surface area contributed by atoms with Crippen LogP contribution in [0.5, 0.6) is 0 Å². The van der Waals surface area contributed by atoms with Crippen LogP contribution in [0, 0.1) is 11.2 Å². The zero-order valence-corrected chi connectivity index (χ0v) is 16.5. The summed E-state index contributed by atoms with van der Waals surface area (Å²) in [6.07, 6.45) is 0. The van der Waals surface area contributed by atoms with E-state index in [2.05, 4.69) is 5.32 Å². The molecule has 0 bridgehead atoms. The van der Waals surface area contributed by atoms with E-state index in [-0.39, 0.29) is 12.4 Å². The van der Waals surface area contributed by atoms with Crippen molar-refractivity contribution in [3.8, 4) is 0 Å². The molecule has 1 heterocycles. The summed E-state index contributed by atoms with van der Waals surface area (Å²) >= 11 is 0. The number of halogens is 1. The first-order valence-electron chi connectivity index (χ1n) is 9.14. The van der Waals surface area contributed by atoms with Crippen LogP contribution in [0.4, 0.5) is 9.18 Å². The zero-order valence-electron chi connectivity index (χ0n) is 16.5. The molecule has 3 rings (SSSR count). The molecule has 0 radical (unpaired) electrons. The summed E-state index contributed by atoms with van der Waals surface area (Å²) in [5.41, 5.74) is 5.90. The van der Waals surface area contributed by atoms with E-state index in [1.165, 1.54) is 16.7 Å². The molecule has 0 fully saturated rings. The number of carbonyl (C=O) groups excluding carboxylic acids is 2. The number of para-hydroxylation sites is 2. The van der Waals surface area contributed by atoms with Gasteiger partial charge in [-0.3, -0.25) is 9.36 Å². The molecule has 0 saturated carbocycles. The summed E-state index contributed by atoms with van der Waals surface area (Å²) < 4.78 is 15.6. The van der Waals surface area contributed by atoms with Gasteiger partial charge in [-0.15, -0.1) is 0 Å². The quantitative estimate of drug-likeness (QED) is 0.706. The number of fused-ring (bicyclic) bond motifs is 1. The van der Waals surface area contributed by atoms with E-state index in [1.807, 2.05) is 0 Å². The molecule has 1 atom stereocenters. The third-order valence-corrected chi connectivity index (χ3v) is 4.71. The molecule has 0 aliphatic rings. The summed E-state index contributed by atoms with van der Waals surface area (Å²) in [7, 11) is 0. The van der Waals surface area contributed by atoms with Crippen LogP contribution in [-0.4, -0.2) is 27.1 Å². The molecule has 152 valence electrons. The number of amides is 2. The highest BCUT2D eigenvalue weighted by atomic mass is 19.1. The van der Waals surface area contributed by atoms with Gasteiger partial charge in [0.05, 0.1) is 17.6 Å². The van der Waals surface area contributed by atoms with Crippen LogP contribution >= 0.6 is 0 Å². The SMILES string of the molecule is CC(C)(C)[C@H](NC(=O)n1c(=O)n(Cc2ccc(F)cc2)c2ccccc21)C(N)=O. The molecule has 7 nitrogen and oxygen atoms in total. The second kappa shape index (κ2) is 7.54. The molecule has 2 amide bonds. The number of nitrogens with one attached hydrogen (secondary N) is 1. The summed E-state index contributed by atoms with van der Waals surface area (Å²) in [4.78, 5) is 37.8. The largest absolute Gasteiger partial charge is 0.368 e. The molecule has 2 aromatic carbocycles. The number of benzene rings is 2. The third kappa shape index (κ3) is 4.06. The number of rotatable bonds is 4. The molecular weight excluding hydrogens is 375 g/mol. The predicted octanol–water partition coefficient (Wildman–Crippen LogP) is 2.45. The van der Waals surface area contributed by atoms with Crippen molar-refractivity contribution in [2.24, 2.45) is 11.1 Å². The standard InChI is InChI=1S/C21H23FN4O3/c1-21(2,3)17(18(23)27)24-19(28)26-16-7-5-4-6-15(16)25(20(26)29)12-13-8-10-14(22)11-9-13/h4-11,17H,12H2,1-3H3,(H2,23,27)(H,24,28)/t17-/m1/s1. The number of aromatic nitrogens is 2. The van der Waals surface area contributed by atoms with Crippen molar-refractivity contribution in [1.82, 2.24) is 14.5 Å². The lowest BCUT2D eigenvalue weighted by Gasteiger charge is -2.28. The van der Waals surface area contributed by atoms with Crippen molar-refractivity contribution in [1.29, 1.82) is 0 Å². The van der Waals surface area contributed by atoms with E-state index >= 15 is 0 Å². The number of imidazole rings is 1. The van der Waals surface area contributed by atoms with Crippen LogP contribution in [0.15, 0.2) is 53.3 Å². The summed E-state index contributed by atoms with van der Waals surface area (Å²) in [5.74, 6) is -1.06. The van der Waals surface area contributed by atoms with E-state index in [1.54, 1.807) is 57.2 Å². The Balaban J connectivity index is 2.06. The molecule has 3 aromatic rings. The van der Waals surface area contributed by atoms with Gasteiger partial charge in [0.2, 0.25) is 5.91 Å². The Morgan fingerprint density at radius 2 is 1.66 bits per heavy atom. The topological polar surface area (TPSA) is 99.1 Å². The highest BCUT2D eigenvalue weighted by Gasteiger charge is 2.32. The third-order valence-electron chi connectivity index (χ3n) is 4.71. The van der Waals surface area contributed by atoms with E-state index in [4.69, 9.17) is 5.73 Å². The fraction of sp³-hybridized carbons (Fsp3) is 0.286. The lowest BCUT2D eigenvalue weighted by Crippen LogP contribution is -2.54. The first-order valence-corrected chi connectivity index (χ1v) is 9.14. The summed E-state index contributed by atoms with van der Waals surface area (Å²) in [5, 5.41) is 2.58. The van der Waals surface area contributed by atoms with Crippen molar-refractivity contribution in [2.75, 3.05) is 0 Å². The monoisotopic (exact) mass is 398 g/mol. The number of nitrogens with two attached hydrogens (primary N) is 1. The van der Waals surface area contributed by atoms with Gasteiger partial charge in [0.1, 0.15) is 11.9 Å². The van der Waals surface area contributed by atoms with Crippen LogP contribution in [0.2, 0.25) is 0 Å². The van der Waals surface area contributed by atoms with Gasteiger partial charge < -0.3 is 11.1 Å². The molecule has 0 unspecified atom stereocenters. The Labute approximate surface area is 166 Å². The Morgan fingerprint density at radius 1 is 1.07 bits per heavy atom. The summed E-state index contributed by atoms with van der Waals surface area (Å²) in [6, 6.07) is 10.9. The van der Waals surface area contributed by atoms with Crippen LogP contribution in [0.25, 0.3) is 11.0 Å². The van der Waals surface area contributed by atoms with Gasteiger partial charge in [0, 0.05) is 0 Å². The first kappa shape index (κ1) is 20.3. The molecule has 0 saturated heterocycles. The van der Waals surface area contributed by atoms with Gasteiger partial charge in [-0.05, 0) is 35.2 Å². The highest BCUT2D eigenvalue weighted by Crippen LogP contribution is 2.20. The fourth-order valence-electron chi connectivity index (χ4n) is 3.23. The van der Waals surface area contributed by atoms with Crippen molar-refractivity contribution >= 4 is 23.0 Å². The number of hydrogen-bond donors (Lipinski definition) is 2. The maximum Gasteiger partial charge on any atom is 0.337 e. The Kier molecular flexibility index (Phi) is 5.28. The molecule has 0 aliphatic carbocycles. The summed E-state index contributed by atoms with van der Waals surface area (Å²) in [6.45, 7) is 5.47. The van der Waals surface area contributed by atoms with Gasteiger partial charge in [-0.2, -0.15) is 0 Å². The normalized spacial score (nSPS) is 12.7. The Morgan fingerprint density at radius 3 is 2.21 bits per heavy atom. The average molecular weight is 398 g/mol. The smallest absolute Gasteiger partial charge is 0.337 e. The molecular formula is C21H23FN4O3. The number of carbonyl (C=O) groups is 2. The zero-order chi connectivity index (χ0) is 21.3. The molecule has 0 aliphatic heterocycles.